The first-order valence-electron chi connectivity index (χ1n) is 39.5. The number of carbonyl (C=O) groups excluding carboxylic acids is 6. The van der Waals surface area contributed by atoms with Gasteiger partial charge >= 0.3 is 5.97 Å². The lowest BCUT2D eigenvalue weighted by molar-refractivity contribution is -0.152. The van der Waals surface area contributed by atoms with Gasteiger partial charge in [-0.15, -0.1) is 0 Å². The van der Waals surface area contributed by atoms with Crippen LogP contribution >= 0.6 is 0 Å². The minimum Gasteiger partial charge on any atom is -0.489 e. The molecule has 4 aliphatic rings. The molecule has 4 fully saturated rings. The molecule has 0 radical (unpaired) electrons. The number of pyridine rings is 4. The van der Waals surface area contributed by atoms with Gasteiger partial charge in [-0.1, -0.05) is 152 Å². The number of aromatic nitrogens is 4. The number of esters is 1. The summed E-state index contributed by atoms with van der Waals surface area (Å²) in [5, 5.41) is 40.4. The second kappa shape index (κ2) is 36.5. The number of amides is 5. The lowest BCUT2D eigenvalue weighted by Gasteiger charge is -2.26. The van der Waals surface area contributed by atoms with Crippen molar-refractivity contribution in [3.63, 3.8) is 0 Å². The standard InChI is InChI=1S/C33H36N4O4.C32H31N3O5.C29H27N3O5/c1-36(2)17-18-37(3)32(39)33(21-28(33)31(38)35-40)20-23-13-15-26(16-14-23)41-22-25-19-30(24-9-5-4-6-10-24)34-29-12-8-7-11-27(25)29;36-24-14-15-35(19-24)31(38)32(18-27(32)30(37)34-39)17-21-10-12-25(13-11-21)40-20-23-16-29(22-6-2-1-3-7-22)33-28-9-5-4-8-26(23)28;1-2-36-28(34)29(16-24(29)27(33)32-35)15-19-9-11-22(12-10-19)37-18-21-14-26(20-6-5-13-30-17-20)31-25-8-4-3-7-23(21)25/h4-16,19,28,40H,17-18,20-22H2,1-3H3,(H,35,38);1-13,16,24,27,36,39H,14-15,17-20H2,(H,34,37);3-14,17,24,35H,2,15-16,18H2,1H3,(H,32,33)/t28-,33+;24-,27+,32-;24-,29+/m101/s1. The van der Waals surface area contributed by atoms with Gasteiger partial charge in [-0.25, -0.2) is 31.4 Å². The normalized spacial score (nSPS) is 19.3. The molecule has 1 saturated heterocycles. The number of hydroxylamine groups is 3. The highest BCUT2D eigenvalue weighted by atomic mass is 16.5. The van der Waals surface area contributed by atoms with Crippen LogP contribution in [0.3, 0.4) is 0 Å². The van der Waals surface area contributed by atoms with Gasteiger partial charge in [0, 0.05) is 95.2 Å². The zero-order valence-corrected chi connectivity index (χ0v) is 66.1. The number of carbonyl (C=O) groups is 6. The van der Waals surface area contributed by atoms with Crippen molar-refractivity contribution in [2.45, 2.75) is 77.8 Å². The number of benzene rings is 8. The van der Waals surface area contributed by atoms with Crippen molar-refractivity contribution < 1.29 is 68.4 Å². The SMILES string of the molecule is CCOC(=O)[C@@]1(Cc2ccc(OCc3cc(-c4cccnc4)nc4ccccc34)cc2)C[C@@H]1C(=O)NO.CN(C)CCN(C)C(=O)[C@@]1(Cc2ccc(OCc3cc(-c4ccccc4)nc4ccccc34)cc2)C[C@@H]1C(=O)NO.O=C(NO)[C@H]1C[C@]1(Cc1ccc(OCc2cc(-c3ccccc3)nc3ccccc23)cc1)C(=O)N1CC[C@H](O)C1. The Hall–Kier alpha value is -12.8. The maximum Gasteiger partial charge on any atom is 0.313 e. The number of nitrogens with zero attached hydrogens (tertiary/aromatic N) is 7. The molecule has 0 unspecified atom stereocenters. The first-order valence-corrected chi connectivity index (χ1v) is 39.5. The Bertz CT molecular complexity index is 5580. The fraction of sp³-hybridized carbons (Fsp3) is 0.277. The minimum atomic E-state index is -0.955. The summed E-state index contributed by atoms with van der Waals surface area (Å²) in [4.78, 5) is 100.0. The molecule has 604 valence electrons. The quantitative estimate of drug-likeness (QED) is 0.0136. The summed E-state index contributed by atoms with van der Waals surface area (Å²) < 4.78 is 23.7. The third kappa shape index (κ3) is 18.7. The summed E-state index contributed by atoms with van der Waals surface area (Å²) in [6.45, 7) is 5.07. The molecule has 24 nitrogen and oxygen atoms in total. The number of likely N-dealkylation sites (N-methyl/N-ethyl adjacent to an activating group) is 2. The average Bonchev–Trinajstić information content (AvgIpc) is 1.57. The smallest absolute Gasteiger partial charge is 0.313 e. The Morgan fingerprint density at radius 2 is 0.847 bits per heavy atom. The highest BCUT2D eigenvalue weighted by Crippen LogP contribution is 2.58. The van der Waals surface area contributed by atoms with Crippen molar-refractivity contribution in [1.29, 1.82) is 0 Å². The van der Waals surface area contributed by atoms with Gasteiger partial charge in [-0.3, -0.25) is 49.4 Å². The predicted molar refractivity (Wildman–Crippen MR) is 444 cm³/mol. The van der Waals surface area contributed by atoms with E-state index in [2.05, 4.69) is 23.2 Å². The van der Waals surface area contributed by atoms with E-state index in [1.165, 1.54) is 0 Å². The molecule has 0 spiro atoms. The second-order valence-corrected chi connectivity index (χ2v) is 31.0. The molecule has 5 amide bonds. The second-order valence-electron chi connectivity index (χ2n) is 31.0. The van der Waals surface area contributed by atoms with E-state index in [4.69, 9.17) is 39.1 Å². The Balaban J connectivity index is 0.000000146. The van der Waals surface area contributed by atoms with Gasteiger partial charge in [0.1, 0.15) is 37.1 Å². The van der Waals surface area contributed by atoms with Crippen LogP contribution in [0.2, 0.25) is 0 Å². The van der Waals surface area contributed by atoms with Crippen LogP contribution in [-0.2, 0) is 72.6 Å². The predicted octanol–water partition coefficient (Wildman–Crippen LogP) is 13.2. The summed E-state index contributed by atoms with van der Waals surface area (Å²) in [6, 6.07) is 76.9. The number of hydrogen-bond acceptors (Lipinski definition) is 19. The Labute approximate surface area is 683 Å². The van der Waals surface area contributed by atoms with Crippen LogP contribution in [0.1, 0.15) is 66.0 Å². The topological polar surface area (TPSA) is 318 Å². The summed E-state index contributed by atoms with van der Waals surface area (Å²) >= 11 is 0. The molecule has 7 atom stereocenters. The first-order chi connectivity index (χ1) is 57.3. The lowest BCUT2D eigenvalue weighted by Crippen LogP contribution is -2.41. The van der Waals surface area contributed by atoms with Crippen LogP contribution in [0, 0.1) is 34.0 Å². The van der Waals surface area contributed by atoms with E-state index in [-0.39, 0.29) is 25.0 Å². The van der Waals surface area contributed by atoms with Crippen LogP contribution in [0.5, 0.6) is 17.2 Å². The molecule has 1 aliphatic heterocycles. The van der Waals surface area contributed by atoms with Crippen molar-refractivity contribution >= 4 is 68.2 Å². The monoisotopic (exact) mass is 1590 g/mol. The van der Waals surface area contributed by atoms with E-state index in [9.17, 15) is 44.3 Å². The molecule has 12 aromatic rings. The van der Waals surface area contributed by atoms with Gasteiger partial charge in [-0.05, 0) is 168 Å². The fourth-order valence-corrected chi connectivity index (χ4v) is 16.0. The van der Waals surface area contributed by atoms with E-state index < -0.39 is 63.8 Å². The highest BCUT2D eigenvalue weighted by molar-refractivity contribution is 5.98. The van der Waals surface area contributed by atoms with Crippen molar-refractivity contribution in [3.8, 4) is 51.0 Å². The minimum absolute atomic E-state index is 0.0768. The molecule has 8 aromatic carbocycles. The van der Waals surface area contributed by atoms with E-state index in [0.29, 0.717) is 95.1 Å². The number of aliphatic hydroxyl groups is 1. The van der Waals surface area contributed by atoms with Gasteiger partial charge in [0.2, 0.25) is 29.5 Å². The molecule has 0 bridgehead atoms. The summed E-state index contributed by atoms with van der Waals surface area (Å²) in [6.07, 6.45) is 5.74. The van der Waals surface area contributed by atoms with Gasteiger partial charge in [0.25, 0.3) is 0 Å². The number of aliphatic hydroxyl groups excluding tert-OH is 1. The first kappa shape index (κ1) is 81.7. The van der Waals surface area contributed by atoms with Gasteiger partial charge in [-0.2, -0.15) is 0 Å². The van der Waals surface area contributed by atoms with E-state index in [0.717, 1.165) is 106 Å². The Morgan fingerprint density at radius 3 is 1.25 bits per heavy atom. The van der Waals surface area contributed by atoms with E-state index in [1.807, 2.05) is 237 Å². The number of hydrogen-bond donors (Lipinski definition) is 7. The number of β-amino-alcohol motifs (C(OH)–C–C–N with tert-alkyl or cyclic N) is 1. The lowest BCUT2D eigenvalue weighted by atomic mass is 9.92. The number of rotatable bonds is 28. The van der Waals surface area contributed by atoms with Crippen molar-refractivity contribution in [2.24, 2.45) is 34.0 Å². The largest absolute Gasteiger partial charge is 0.489 e. The molecule has 3 aliphatic carbocycles. The summed E-state index contributed by atoms with van der Waals surface area (Å²) in [7, 11) is 5.68. The number of fused-ring (bicyclic) bond motifs is 3. The molecule has 5 heterocycles. The van der Waals surface area contributed by atoms with Gasteiger partial charge < -0.3 is 38.8 Å². The zero-order valence-electron chi connectivity index (χ0n) is 66.1. The summed E-state index contributed by atoms with van der Waals surface area (Å²) in [5.74, 6) is -1.96. The molecule has 16 rings (SSSR count). The third-order valence-corrected chi connectivity index (χ3v) is 22.7. The van der Waals surface area contributed by atoms with Crippen LogP contribution < -0.4 is 30.7 Å². The number of para-hydroxylation sites is 3. The Morgan fingerprint density at radius 1 is 0.466 bits per heavy atom. The molecular weight excluding hydrogens is 1490 g/mol. The maximum absolute atomic E-state index is 13.5. The van der Waals surface area contributed by atoms with Crippen LogP contribution in [0.25, 0.3) is 66.5 Å². The van der Waals surface area contributed by atoms with Crippen LogP contribution in [0.15, 0.2) is 249 Å². The average molecular weight is 1590 g/mol. The molecule has 7 N–H and O–H groups in total. The molecule has 3 saturated carbocycles. The highest BCUT2D eigenvalue weighted by Gasteiger charge is 2.66. The van der Waals surface area contributed by atoms with Crippen LogP contribution in [-0.4, -0.2) is 151 Å². The van der Waals surface area contributed by atoms with Gasteiger partial charge in [0.15, 0.2) is 0 Å². The fourth-order valence-electron chi connectivity index (χ4n) is 16.0. The molecule has 4 aromatic heterocycles. The van der Waals surface area contributed by atoms with Crippen molar-refractivity contribution in [2.75, 3.05) is 53.9 Å². The number of ether oxygens (including phenoxy) is 4. The van der Waals surface area contributed by atoms with Crippen LogP contribution in [0.4, 0.5) is 0 Å². The third-order valence-electron chi connectivity index (χ3n) is 22.7. The Kier molecular flexibility index (Phi) is 25.3. The maximum atomic E-state index is 13.5. The summed E-state index contributed by atoms with van der Waals surface area (Å²) in [5.41, 5.74) is 16.5. The van der Waals surface area contributed by atoms with Crippen molar-refractivity contribution in [3.05, 3.63) is 282 Å². The molecule has 118 heavy (non-hydrogen) atoms. The molecular formula is C94H94N10O14. The zero-order chi connectivity index (χ0) is 82.5. The number of likely N-dealkylation sites (tertiary alicyclic amines) is 1. The number of nitrogens with one attached hydrogen (secondary N) is 3. The molecule has 24 heteroatoms. The van der Waals surface area contributed by atoms with Crippen molar-refractivity contribution in [1.82, 2.24) is 51.1 Å². The van der Waals surface area contributed by atoms with Gasteiger partial charge in [0.05, 0.1) is 80.3 Å². The van der Waals surface area contributed by atoms with E-state index >= 15 is 0 Å². The van der Waals surface area contributed by atoms with E-state index in [1.54, 1.807) is 52.6 Å².